The number of aliphatic hydroxyl groups is 1. The molecule has 3 rings (SSSR count). The van der Waals surface area contributed by atoms with E-state index in [2.05, 4.69) is 11.4 Å². The fraction of sp³-hybridized carbons (Fsp3) is 0.647. The first-order valence-corrected chi connectivity index (χ1v) is 8.11. The van der Waals surface area contributed by atoms with Crippen molar-refractivity contribution in [1.82, 2.24) is 5.32 Å². The highest BCUT2D eigenvalue weighted by molar-refractivity contribution is 5.47. The van der Waals surface area contributed by atoms with Crippen LogP contribution < -0.4 is 14.8 Å². The highest BCUT2D eigenvalue weighted by atomic mass is 16.5. The highest BCUT2D eigenvalue weighted by Crippen LogP contribution is 2.33. The average molecular weight is 291 g/mol. The zero-order chi connectivity index (χ0) is 14.5. The first kappa shape index (κ1) is 14.7. The highest BCUT2D eigenvalue weighted by Gasteiger charge is 2.23. The van der Waals surface area contributed by atoms with Gasteiger partial charge in [-0.25, -0.2) is 0 Å². The number of para-hydroxylation sites is 1. The summed E-state index contributed by atoms with van der Waals surface area (Å²) in [6, 6.07) is 6.01. The van der Waals surface area contributed by atoms with Crippen molar-refractivity contribution in [2.75, 3.05) is 19.8 Å². The molecule has 2 N–H and O–H groups in total. The molecule has 1 unspecified atom stereocenters. The van der Waals surface area contributed by atoms with Crippen LogP contribution in [0, 0.1) is 5.92 Å². The molecule has 1 atom stereocenters. The van der Waals surface area contributed by atoms with Crippen molar-refractivity contribution in [3.8, 4) is 11.5 Å². The summed E-state index contributed by atoms with van der Waals surface area (Å²) in [4.78, 5) is 0. The second kappa shape index (κ2) is 7.14. The van der Waals surface area contributed by atoms with Gasteiger partial charge in [0.2, 0.25) is 0 Å². The van der Waals surface area contributed by atoms with Crippen LogP contribution in [0.25, 0.3) is 0 Å². The lowest BCUT2D eigenvalue weighted by Crippen LogP contribution is -2.31. The minimum absolute atomic E-state index is 0.230. The minimum Gasteiger partial charge on any atom is -0.490 e. The molecule has 1 heterocycles. The second-order valence-electron chi connectivity index (χ2n) is 6.04. The Labute approximate surface area is 126 Å². The van der Waals surface area contributed by atoms with E-state index in [0.717, 1.165) is 23.5 Å². The van der Waals surface area contributed by atoms with Crippen molar-refractivity contribution >= 4 is 0 Å². The Kier molecular flexibility index (Phi) is 4.99. The summed E-state index contributed by atoms with van der Waals surface area (Å²) in [5.41, 5.74) is 1.10. The minimum atomic E-state index is -0.230. The Morgan fingerprint density at radius 2 is 1.95 bits per heavy atom. The largest absolute Gasteiger partial charge is 0.490 e. The van der Waals surface area contributed by atoms with Gasteiger partial charge in [-0.05, 0) is 24.8 Å². The second-order valence-corrected chi connectivity index (χ2v) is 6.04. The molecule has 1 saturated carbocycles. The van der Waals surface area contributed by atoms with Crippen LogP contribution in [-0.4, -0.2) is 31.0 Å². The predicted molar refractivity (Wildman–Crippen MR) is 81.7 cm³/mol. The molecular weight excluding hydrogens is 266 g/mol. The van der Waals surface area contributed by atoms with Crippen LogP contribution in [0.4, 0.5) is 0 Å². The molecule has 0 radical (unpaired) electrons. The molecule has 21 heavy (non-hydrogen) atoms. The Balaban J connectivity index is 1.55. The van der Waals surface area contributed by atoms with Gasteiger partial charge in [-0.1, -0.05) is 25.0 Å². The lowest BCUT2D eigenvalue weighted by atomic mass is 10.0. The van der Waals surface area contributed by atoms with E-state index < -0.39 is 0 Å². The topological polar surface area (TPSA) is 50.7 Å². The molecule has 116 valence electrons. The molecule has 1 fully saturated rings. The zero-order valence-electron chi connectivity index (χ0n) is 12.5. The van der Waals surface area contributed by atoms with E-state index in [4.69, 9.17) is 9.47 Å². The zero-order valence-corrected chi connectivity index (χ0v) is 12.5. The normalized spacial score (nSPS) is 20.2. The number of hydrogen-bond acceptors (Lipinski definition) is 4. The summed E-state index contributed by atoms with van der Waals surface area (Å²) in [7, 11) is 0. The van der Waals surface area contributed by atoms with Crippen molar-refractivity contribution in [2.45, 2.75) is 44.8 Å². The summed E-state index contributed by atoms with van der Waals surface area (Å²) < 4.78 is 11.5. The number of fused-ring (bicyclic) bond motifs is 1. The van der Waals surface area contributed by atoms with Gasteiger partial charge >= 0.3 is 0 Å². The van der Waals surface area contributed by atoms with Crippen LogP contribution in [0.5, 0.6) is 11.5 Å². The van der Waals surface area contributed by atoms with Crippen LogP contribution in [-0.2, 0) is 6.54 Å². The molecule has 0 aromatic heterocycles. The molecule has 2 aliphatic rings. The summed E-state index contributed by atoms with van der Waals surface area (Å²) in [6.45, 7) is 2.77. The first-order chi connectivity index (χ1) is 10.3. The van der Waals surface area contributed by atoms with Crippen molar-refractivity contribution in [3.63, 3.8) is 0 Å². The molecule has 4 nitrogen and oxygen atoms in total. The van der Waals surface area contributed by atoms with Gasteiger partial charge in [-0.15, -0.1) is 0 Å². The van der Waals surface area contributed by atoms with Gasteiger partial charge < -0.3 is 19.9 Å². The number of ether oxygens (including phenoxy) is 2. The van der Waals surface area contributed by atoms with Crippen LogP contribution in [0.2, 0.25) is 0 Å². The van der Waals surface area contributed by atoms with Gasteiger partial charge in [0.15, 0.2) is 11.5 Å². The van der Waals surface area contributed by atoms with Crippen molar-refractivity contribution in [2.24, 2.45) is 5.92 Å². The standard InChI is InChI=1S/C17H25NO3/c19-15(13-5-1-2-6-13)12-18-11-14-7-3-8-16-17(14)21-10-4-9-20-16/h3,7-8,13,15,18-19H,1-2,4-6,9-12H2. The van der Waals surface area contributed by atoms with Crippen LogP contribution in [0.3, 0.4) is 0 Å². The number of nitrogens with one attached hydrogen (secondary N) is 1. The van der Waals surface area contributed by atoms with Crippen molar-refractivity contribution in [1.29, 1.82) is 0 Å². The van der Waals surface area contributed by atoms with Gasteiger partial charge in [0, 0.05) is 25.1 Å². The number of aliphatic hydroxyl groups excluding tert-OH is 1. The molecule has 4 heteroatoms. The van der Waals surface area contributed by atoms with Crippen molar-refractivity contribution in [3.05, 3.63) is 23.8 Å². The van der Waals surface area contributed by atoms with Crippen LogP contribution in [0.15, 0.2) is 18.2 Å². The molecule has 0 amide bonds. The number of benzene rings is 1. The number of hydrogen-bond donors (Lipinski definition) is 2. The van der Waals surface area contributed by atoms with Crippen molar-refractivity contribution < 1.29 is 14.6 Å². The Hall–Kier alpha value is -1.26. The smallest absolute Gasteiger partial charge is 0.165 e. The fourth-order valence-corrected chi connectivity index (χ4v) is 3.26. The predicted octanol–water partition coefficient (Wildman–Crippen LogP) is 2.49. The van der Waals surface area contributed by atoms with Gasteiger partial charge in [0.05, 0.1) is 19.3 Å². The van der Waals surface area contributed by atoms with Gasteiger partial charge in [-0.2, -0.15) is 0 Å². The maximum absolute atomic E-state index is 10.2. The van der Waals surface area contributed by atoms with Gasteiger partial charge in [0.1, 0.15) is 0 Å². The van der Waals surface area contributed by atoms with Gasteiger partial charge in [0.25, 0.3) is 0 Å². The Morgan fingerprint density at radius 3 is 2.81 bits per heavy atom. The third-order valence-corrected chi connectivity index (χ3v) is 4.47. The molecular formula is C17H25NO3. The molecule has 1 aliphatic carbocycles. The molecule has 1 aliphatic heterocycles. The third-order valence-electron chi connectivity index (χ3n) is 4.47. The molecule has 1 aromatic carbocycles. The summed E-state index contributed by atoms with van der Waals surface area (Å²) >= 11 is 0. The summed E-state index contributed by atoms with van der Waals surface area (Å²) in [5, 5.41) is 13.6. The van der Waals surface area contributed by atoms with E-state index in [9.17, 15) is 5.11 Å². The van der Waals surface area contributed by atoms with E-state index >= 15 is 0 Å². The lowest BCUT2D eigenvalue weighted by molar-refractivity contribution is 0.109. The molecule has 0 spiro atoms. The number of rotatable bonds is 5. The van der Waals surface area contributed by atoms with E-state index in [0.29, 0.717) is 32.2 Å². The molecule has 0 saturated heterocycles. The van der Waals surface area contributed by atoms with Crippen LogP contribution in [0.1, 0.15) is 37.7 Å². The maximum atomic E-state index is 10.2. The van der Waals surface area contributed by atoms with E-state index in [1.165, 1.54) is 25.7 Å². The fourth-order valence-electron chi connectivity index (χ4n) is 3.26. The Bertz CT molecular complexity index is 457. The van der Waals surface area contributed by atoms with Crippen LogP contribution >= 0.6 is 0 Å². The SMILES string of the molecule is OC(CNCc1cccc2c1OCCCO2)C1CCCC1. The summed E-state index contributed by atoms with van der Waals surface area (Å²) in [6.07, 6.45) is 5.55. The monoisotopic (exact) mass is 291 g/mol. The third kappa shape index (κ3) is 3.69. The average Bonchev–Trinajstić information content (AvgIpc) is 2.93. The maximum Gasteiger partial charge on any atom is 0.165 e. The van der Waals surface area contributed by atoms with E-state index in [1.807, 2.05) is 12.1 Å². The molecule has 0 bridgehead atoms. The summed E-state index contributed by atoms with van der Waals surface area (Å²) in [5.74, 6) is 2.17. The lowest BCUT2D eigenvalue weighted by Gasteiger charge is -2.19. The van der Waals surface area contributed by atoms with E-state index in [-0.39, 0.29) is 6.10 Å². The first-order valence-electron chi connectivity index (χ1n) is 8.11. The Morgan fingerprint density at radius 1 is 1.14 bits per heavy atom. The van der Waals surface area contributed by atoms with E-state index in [1.54, 1.807) is 0 Å². The molecule has 1 aromatic rings. The quantitative estimate of drug-likeness (QED) is 0.875. The van der Waals surface area contributed by atoms with Gasteiger partial charge in [-0.3, -0.25) is 0 Å².